The summed E-state index contributed by atoms with van der Waals surface area (Å²) in [6.07, 6.45) is 1.20. The van der Waals surface area contributed by atoms with Crippen molar-refractivity contribution in [1.29, 1.82) is 0 Å². The molecule has 19 heavy (non-hydrogen) atoms. The van der Waals surface area contributed by atoms with Crippen LogP contribution in [0.1, 0.15) is 16.8 Å². The van der Waals surface area contributed by atoms with E-state index in [-0.39, 0.29) is 12.2 Å². The summed E-state index contributed by atoms with van der Waals surface area (Å²) in [6.45, 7) is 0. The molecule has 0 unspecified atom stereocenters. The first-order chi connectivity index (χ1) is 9.08. The molecule has 0 amide bonds. The molecule has 1 heterocycles. The molecule has 0 atom stereocenters. The Morgan fingerprint density at radius 1 is 1.32 bits per heavy atom. The molecular formula is C13H12ClNO4. The second-order valence-electron chi connectivity index (χ2n) is 3.88. The Labute approximate surface area is 114 Å². The second-order valence-corrected chi connectivity index (χ2v) is 4.29. The van der Waals surface area contributed by atoms with Crippen LogP contribution in [0, 0.1) is 0 Å². The minimum absolute atomic E-state index is 0.322. The number of aromatic amines is 1. The lowest BCUT2D eigenvalue weighted by Crippen LogP contribution is -2.09. The van der Waals surface area contributed by atoms with Crippen molar-refractivity contribution in [3.8, 4) is 5.75 Å². The predicted octanol–water partition coefficient (Wildman–Crippen LogP) is 2.58. The Balaban J connectivity index is 2.50. The van der Waals surface area contributed by atoms with E-state index in [1.165, 1.54) is 20.4 Å². The minimum atomic E-state index is -0.585. The molecule has 5 nitrogen and oxygen atoms in total. The minimum Gasteiger partial charge on any atom is -0.495 e. The molecule has 0 saturated carbocycles. The highest BCUT2D eigenvalue weighted by Gasteiger charge is 2.19. The van der Waals surface area contributed by atoms with Gasteiger partial charge in [-0.15, -0.1) is 0 Å². The lowest BCUT2D eigenvalue weighted by atomic mass is 10.1. The summed E-state index contributed by atoms with van der Waals surface area (Å²) in [5.41, 5.74) is 0.979. The Morgan fingerprint density at radius 2 is 2.05 bits per heavy atom. The van der Waals surface area contributed by atoms with Gasteiger partial charge in [0.25, 0.3) is 0 Å². The van der Waals surface area contributed by atoms with Crippen LogP contribution >= 0.6 is 11.6 Å². The fourth-order valence-corrected chi connectivity index (χ4v) is 2.13. The third-order valence-electron chi connectivity index (χ3n) is 2.80. The van der Waals surface area contributed by atoms with E-state index in [9.17, 15) is 9.59 Å². The van der Waals surface area contributed by atoms with E-state index in [1.807, 2.05) is 0 Å². The molecular weight excluding hydrogens is 270 g/mol. The summed E-state index contributed by atoms with van der Waals surface area (Å²) in [7, 11) is 2.76. The zero-order valence-electron chi connectivity index (χ0n) is 10.5. The molecule has 2 aromatic rings. The summed E-state index contributed by atoms with van der Waals surface area (Å²) in [6, 6.07) is 3.35. The smallest absolute Gasteiger partial charge is 0.313 e. The summed E-state index contributed by atoms with van der Waals surface area (Å²) in [4.78, 5) is 26.1. The summed E-state index contributed by atoms with van der Waals surface area (Å²) in [5.74, 6) is -0.358. The third-order valence-corrected chi connectivity index (χ3v) is 3.11. The SMILES string of the molecule is COC(=O)CC(=O)c1c[nH]c2c(OC)ccc(Cl)c12. The van der Waals surface area contributed by atoms with Crippen LogP contribution < -0.4 is 4.74 Å². The molecule has 1 aromatic carbocycles. The van der Waals surface area contributed by atoms with Gasteiger partial charge in [-0.2, -0.15) is 0 Å². The van der Waals surface area contributed by atoms with Crippen LogP contribution in [-0.2, 0) is 9.53 Å². The van der Waals surface area contributed by atoms with E-state index in [0.717, 1.165) is 0 Å². The van der Waals surface area contributed by atoms with Gasteiger partial charge in [-0.25, -0.2) is 0 Å². The molecule has 0 spiro atoms. The Morgan fingerprint density at radius 3 is 2.68 bits per heavy atom. The van der Waals surface area contributed by atoms with Crippen molar-refractivity contribution in [3.05, 3.63) is 28.9 Å². The number of Topliss-reactive ketones (excluding diaryl/α,β-unsaturated/α-hetero) is 1. The van der Waals surface area contributed by atoms with Crippen LogP contribution in [0.25, 0.3) is 10.9 Å². The maximum absolute atomic E-state index is 12.0. The number of carbonyl (C=O) groups excluding carboxylic acids is 2. The maximum atomic E-state index is 12.0. The van der Waals surface area contributed by atoms with Gasteiger partial charge in [0.2, 0.25) is 0 Å². The molecule has 0 fully saturated rings. The van der Waals surface area contributed by atoms with E-state index in [2.05, 4.69) is 9.72 Å². The molecule has 0 aliphatic rings. The maximum Gasteiger partial charge on any atom is 0.313 e. The van der Waals surface area contributed by atoms with Gasteiger partial charge < -0.3 is 14.5 Å². The summed E-state index contributed by atoms with van der Waals surface area (Å²) >= 11 is 6.10. The highest BCUT2D eigenvalue weighted by Crippen LogP contribution is 2.33. The molecule has 6 heteroatoms. The zero-order valence-corrected chi connectivity index (χ0v) is 11.2. The fraction of sp³-hybridized carbons (Fsp3) is 0.231. The van der Waals surface area contributed by atoms with E-state index in [4.69, 9.17) is 16.3 Å². The number of ether oxygens (including phenoxy) is 2. The second kappa shape index (κ2) is 5.32. The molecule has 0 bridgehead atoms. The molecule has 0 saturated heterocycles. The number of aromatic nitrogens is 1. The lowest BCUT2D eigenvalue weighted by molar-refractivity contribution is -0.139. The van der Waals surface area contributed by atoms with Crippen molar-refractivity contribution in [2.45, 2.75) is 6.42 Å². The van der Waals surface area contributed by atoms with Crippen LogP contribution in [0.15, 0.2) is 18.3 Å². The number of carbonyl (C=O) groups is 2. The van der Waals surface area contributed by atoms with Crippen LogP contribution in [0.5, 0.6) is 5.75 Å². The van der Waals surface area contributed by atoms with Gasteiger partial charge in [-0.1, -0.05) is 11.6 Å². The van der Waals surface area contributed by atoms with Gasteiger partial charge in [0.15, 0.2) is 5.78 Å². The van der Waals surface area contributed by atoms with Gasteiger partial charge >= 0.3 is 5.97 Å². The average molecular weight is 282 g/mol. The molecule has 1 N–H and O–H groups in total. The van der Waals surface area contributed by atoms with Gasteiger partial charge in [-0.05, 0) is 12.1 Å². The average Bonchev–Trinajstić information content (AvgIpc) is 2.85. The predicted molar refractivity (Wildman–Crippen MR) is 70.8 cm³/mol. The van der Waals surface area contributed by atoms with E-state index >= 15 is 0 Å². The largest absolute Gasteiger partial charge is 0.495 e. The Kier molecular flexibility index (Phi) is 3.76. The molecule has 100 valence electrons. The monoisotopic (exact) mass is 281 g/mol. The summed E-state index contributed by atoms with van der Waals surface area (Å²) < 4.78 is 9.66. The third kappa shape index (κ3) is 2.42. The van der Waals surface area contributed by atoms with Crippen LogP contribution in [-0.4, -0.2) is 31.0 Å². The van der Waals surface area contributed by atoms with Gasteiger partial charge in [0.1, 0.15) is 12.2 Å². The first-order valence-electron chi connectivity index (χ1n) is 5.52. The van der Waals surface area contributed by atoms with Crippen molar-refractivity contribution >= 4 is 34.3 Å². The Bertz CT molecular complexity index is 647. The molecule has 0 aliphatic carbocycles. The van der Waals surface area contributed by atoms with Crippen LogP contribution in [0.2, 0.25) is 5.02 Å². The van der Waals surface area contributed by atoms with Crippen LogP contribution in [0.4, 0.5) is 0 Å². The highest BCUT2D eigenvalue weighted by atomic mass is 35.5. The molecule has 0 radical (unpaired) electrons. The van der Waals surface area contributed by atoms with Gasteiger partial charge in [-0.3, -0.25) is 9.59 Å². The summed E-state index contributed by atoms with van der Waals surface area (Å²) in [5, 5.41) is 0.972. The van der Waals surface area contributed by atoms with E-state index < -0.39 is 5.97 Å². The quantitative estimate of drug-likeness (QED) is 0.531. The number of H-pyrrole nitrogens is 1. The number of benzene rings is 1. The number of esters is 1. The number of nitrogens with one attached hydrogen (secondary N) is 1. The lowest BCUT2D eigenvalue weighted by Gasteiger charge is -2.04. The van der Waals surface area contributed by atoms with Crippen molar-refractivity contribution in [2.24, 2.45) is 0 Å². The van der Waals surface area contributed by atoms with Gasteiger partial charge in [0.05, 0.1) is 24.8 Å². The van der Waals surface area contributed by atoms with Crippen molar-refractivity contribution in [3.63, 3.8) is 0 Å². The molecule has 1 aromatic heterocycles. The first-order valence-corrected chi connectivity index (χ1v) is 5.90. The van der Waals surface area contributed by atoms with Crippen molar-refractivity contribution < 1.29 is 19.1 Å². The van der Waals surface area contributed by atoms with E-state index in [0.29, 0.717) is 27.2 Å². The number of methoxy groups -OCH3 is 2. The number of ketones is 1. The number of halogens is 1. The Hall–Kier alpha value is -2.01. The van der Waals surface area contributed by atoms with Gasteiger partial charge in [0, 0.05) is 17.1 Å². The number of hydrogen-bond donors (Lipinski definition) is 1. The topological polar surface area (TPSA) is 68.4 Å². The van der Waals surface area contributed by atoms with Crippen LogP contribution in [0.3, 0.4) is 0 Å². The number of hydrogen-bond acceptors (Lipinski definition) is 4. The standard InChI is InChI=1S/C13H12ClNO4/c1-18-10-4-3-8(14)12-7(6-15-13(10)12)9(16)5-11(17)19-2/h3-4,6,15H,5H2,1-2H3. The first kappa shape index (κ1) is 13.4. The van der Waals surface area contributed by atoms with E-state index in [1.54, 1.807) is 12.1 Å². The molecule has 0 aliphatic heterocycles. The van der Waals surface area contributed by atoms with Crippen molar-refractivity contribution in [2.75, 3.05) is 14.2 Å². The fourth-order valence-electron chi connectivity index (χ4n) is 1.87. The normalized spacial score (nSPS) is 10.5. The number of fused-ring (bicyclic) bond motifs is 1. The molecule has 2 rings (SSSR count). The number of rotatable bonds is 4. The highest BCUT2D eigenvalue weighted by molar-refractivity contribution is 6.37. The zero-order chi connectivity index (χ0) is 14.0. The van der Waals surface area contributed by atoms with Crippen molar-refractivity contribution in [1.82, 2.24) is 4.98 Å².